The molecule has 0 aliphatic rings. The first-order chi connectivity index (χ1) is 22.6. The molecule has 0 spiro atoms. The van der Waals surface area contributed by atoms with Crippen LogP contribution in [0.1, 0.15) is 77.3 Å². The van der Waals surface area contributed by atoms with Crippen molar-refractivity contribution in [3.05, 3.63) is 108 Å². The van der Waals surface area contributed by atoms with Crippen molar-refractivity contribution in [2.75, 3.05) is 0 Å². The summed E-state index contributed by atoms with van der Waals surface area (Å²) in [6, 6.07) is 32.0. The SMILES string of the molecule is CC(C)c1cc(-c2ccccc2)cc(C(C)C)c1-n1c(-c2cccc3c2oc2nc4nc(C(C)(C)C)oc4cc23)nc2ccccc21. The lowest BCUT2D eigenvalue weighted by molar-refractivity contribution is 0.411. The van der Waals surface area contributed by atoms with Crippen LogP contribution in [0.2, 0.25) is 0 Å². The molecule has 0 unspecified atom stereocenters. The number of hydrogen-bond acceptors (Lipinski definition) is 5. The van der Waals surface area contributed by atoms with Gasteiger partial charge < -0.3 is 8.83 Å². The second-order valence-electron chi connectivity index (χ2n) is 14.2. The van der Waals surface area contributed by atoms with Crippen molar-refractivity contribution in [1.82, 2.24) is 19.5 Å². The summed E-state index contributed by atoms with van der Waals surface area (Å²) in [5.74, 6) is 2.04. The van der Waals surface area contributed by atoms with E-state index in [0.29, 0.717) is 22.8 Å². The number of pyridine rings is 1. The third kappa shape index (κ3) is 4.73. The van der Waals surface area contributed by atoms with Gasteiger partial charge in [-0.3, -0.25) is 4.57 Å². The van der Waals surface area contributed by atoms with Crippen LogP contribution in [0, 0.1) is 0 Å². The minimum atomic E-state index is -0.223. The Balaban J connectivity index is 1.42. The number of benzene rings is 4. The molecule has 47 heavy (non-hydrogen) atoms. The van der Waals surface area contributed by atoms with E-state index in [0.717, 1.165) is 38.8 Å². The van der Waals surface area contributed by atoms with E-state index in [-0.39, 0.29) is 17.3 Å². The van der Waals surface area contributed by atoms with E-state index in [9.17, 15) is 0 Å². The van der Waals surface area contributed by atoms with Crippen LogP contribution in [0.5, 0.6) is 0 Å². The van der Waals surface area contributed by atoms with Crippen molar-refractivity contribution < 1.29 is 8.83 Å². The molecule has 0 saturated carbocycles. The molecule has 0 fully saturated rings. The maximum atomic E-state index is 6.61. The number of furan rings is 1. The molecule has 0 N–H and O–H groups in total. The molecule has 0 bridgehead atoms. The van der Waals surface area contributed by atoms with Crippen molar-refractivity contribution in [3.63, 3.8) is 0 Å². The first kappa shape index (κ1) is 29.2. The van der Waals surface area contributed by atoms with Gasteiger partial charge in [0.2, 0.25) is 17.3 Å². The molecule has 234 valence electrons. The Morgan fingerprint density at radius 1 is 0.660 bits per heavy atom. The maximum Gasteiger partial charge on any atom is 0.229 e. The number of aromatic nitrogens is 4. The minimum absolute atomic E-state index is 0.223. The second kappa shape index (κ2) is 10.7. The predicted molar refractivity (Wildman–Crippen MR) is 191 cm³/mol. The lowest BCUT2D eigenvalue weighted by Gasteiger charge is -2.24. The van der Waals surface area contributed by atoms with Crippen LogP contribution in [0.25, 0.3) is 72.5 Å². The van der Waals surface area contributed by atoms with E-state index in [1.165, 1.54) is 27.9 Å². The van der Waals surface area contributed by atoms with Crippen LogP contribution in [0.15, 0.2) is 99.8 Å². The summed E-state index contributed by atoms with van der Waals surface area (Å²) in [6.07, 6.45) is 0. The third-order valence-electron chi connectivity index (χ3n) is 9.04. The van der Waals surface area contributed by atoms with Gasteiger partial charge in [-0.15, -0.1) is 0 Å². The largest absolute Gasteiger partial charge is 0.438 e. The van der Waals surface area contributed by atoms with Gasteiger partial charge in [0.05, 0.1) is 27.7 Å². The van der Waals surface area contributed by atoms with Gasteiger partial charge in [0.25, 0.3) is 0 Å². The smallest absolute Gasteiger partial charge is 0.229 e. The van der Waals surface area contributed by atoms with Gasteiger partial charge >= 0.3 is 0 Å². The van der Waals surface area contributed by atoms with Crippen LogP contribution in [0.4, 0.5) is 0 Å². The average molecular weight is 619 g/mol. The van der Waals surface area contributed by atoms with Crippen LogP contribution in [-0.4, -0.2) is 19.5 Å². The second-order valence-corrected chi connectivity index (χ2v) is 14.2. The number of para-hydroxylation sites is 3. The molecule has 0 aliphatic carbocycles. The fraction of sp³-hybridized carbons (Fsp3) is 0.244. The Morgan fingerprint density at radius 2 is 1.36 bits per heavy atom. The quantitative estimate of drug-likeness (QED) is 0.192. The summed E-state index contributed by atoms with van der Waals surface area (Å²) in [6.45, 7) is 15.3. The highest BCUT2D eigenvalue weighted by molar-refractivity contribution is 6.10. The highest BCUT2D eigenvalue weighted by atomic mass is 16.4. The molecule has 6 nitrogen and oxygen atoms in total. The molecule has 4 aromatic heterocycles. The van der Waals surface area contributed by atoms with Gasteiger partial charge in [-0.05, 0) is 70.5 Å². The van der Waals surface area contributed by atoms with Crippen molar-refractivity contribution in [1.29, 1.82) is 0 Å². The Morgan fingerprint density at radius 3 is 2.06 bits per heavy atom. The molecule has 4 heterocycles. The Bertz CT molecular complexity index is 2420. The highest BCUT2D eigenvalue weighted by Crippen LogP contribution is 2.42. The average Bonchev–Trinajstić information content (AvgIpc) is 3.76. The molecule has 6 heteroatoms. The first-order valence-electron chi connectivity index (χ1n) is 16.4. The van der Waals surface area contributed by atoms with Crippen LogP contribution >= 0.6 is 0 Å². The first-order valence-corrected chi connectivity index (χ1v) is 16.4. The van der Waals surface area contributed by atoms with Gasteiger partial charge in [0.15, 0.2) is 5.58 Å². The van der Waals surface area contributed by atoms with E-state index in [1.54, 1.807) is 0 Å². The van der Waals surface area contributed by atoms with Gasteiger partial charge in [0, 0.05) is 10.8 Å². The van der Waals surface area contributed by atoms with Gasteiger partial charge in [0.1, 0.15) is 11.4 Å². The summed E-state index contributed by atoms with van der Waals surface area (Å²) in [5.41, 5.74) is 11.3. The van der Waals surface area contributed by atoms with E-state index < -0.39 is 0 Å². The molecule has 0 atom stereocenters. The van der Waals surface area contributed by atoms with E-state index in [4.69, 9.17) is 23.8 Å². The molecule has 0 aliphatic heterocycles. The fourth-order valence-electron chi connectivity index (χ4n) is 6.62. The van der Waals surface area contributed by atoms with Gasteiger partial charge in [-0.25, -0.2) is 4.98 Å². The zero-order valence-electron chi connectivity index (χ0n) is 27.9. The molecule has 0 radical (unpaired) electrons. The fourth-order valence-corrected chi connectivity index (χ4v) is 6.62. The number of hydrogen-bond donors (Lipinski definition) is 0. The number of fused-ring (bicyclic) bond motifs is 5. The zero-order chi connectivity index (χ0) is 32.6. The lowest BCUT2D eigenvalue weighted by Crippen LogP contribution is -2.11. The Labute approximate surface area is 274 Å². The molecule has 8 aromatic rings. The highest BCUT2D eigenvalue weighted by Gasteiger charge is 2.27. The predicted octanol–water partition coefficient (Wildman–Crippen LogP) is 11.3. The summed E-state index contributed by atoms with van der Waals surface area (Å²) >= 11 is 0. The molecular formula is C41H38N4O2. The van der Waals surface area contributed by atoms with Crippen LogP contribution in [-0.2, 0) is 5.41 Å². The maximum absolute atomic E-state index is 6.61. The van der Waals surface area contributed by atoms with Gasteiger partial charge in [-0.2, -0.15) is 9.97 Å². The van der Waals surface area contributed by atoms with E-state index in [2.05, 4.69) is 132 Å². The number of oxazole rings is 1. The Hall–Kier alpha value is -5.23. The number of rotatable bonds is 5. The molecule has 4 aromatic carbocycles. The molecule has 0 amide bonds. The standard InChI is InChI=1S/C41H38N4O2/c1-23(2)29-20-26(25-14-9-8-10-15-25)21-30(24(3)4)35(29)45-33-19-12-11-18-32(33)42-38(45)28-17-13-16-27-31-22-34-37(43-39(31)47-36(27)28)44-40(46-34)41(5,6)7/h8-24H,1-7H3. The minimum Gasteiger partial charge on any atom is -0.438 e. The molecular weight excluding hydrogens is 580 g/mol. The number of imidazole rings is 1. The van der Waals surface area contributed by atoms with Crippen LogP contribution < -0.4 is 0 Å². The third-order valence-corrected chi connectivity index (χ3v) is 9.04. The summed E-state index contributed by atoms with van der Waals surface area (Å²) in [7, 11) is 0. The van der Waals surface area contributed by atoms with Crippen molar-refractivity contribution in [2.24, 2.45) is 0 Å². The molecule has 8 rings (SSSR count). The normalized spacial score (nSPS) is 12.5. The zero-order valence-corrected chi connectivity index (χ0v) is 27.9. The summed E-state index contributed by atoms with van der Waals surface area (Å²) in [5, 5.41) is 1.86. The lowest BCUT2D eigenvalue weighted by atomic mass is 9.88. The van der Waals surface area contributed by atoms with Crippen molar-refractivity contribution in [2.45, 2.75) is 65.7 Å². The summed E-state index contributed by atoms with van der Waals surface area (Å²) in [4.78, 5) is 14.8. The van der Waals surface area contributed by atoms with Crippen LogP contribution in [0.3, 0.4) is 0 Å². The van der Waals surface area contributed by atoms with Crippen molar-refractivity contribution in [3.8, 4) is 28.2 Å². The topological polar surface area (TPSA) is 69.9 Å². The molecule has 0 saturated heterocycles. The Kier molecular flexibility index (Phi) is 6.62. The summed E-state index contributed by atoms with van der Waals surface area (Å²) < 4.78 is 15.1. The van der Waals surface area contributed by atoms with Crippen molar-refractivity contribution >= 4 is 44.3 Å². The monoisotopic (exact) mass is 618 g/mol. The van der Waals surface area contributed by atoms with E-state index in [1.807, 2.05) is 12.1 Å². The number of nitrogens with zero attached hydrogens (tertiary/aromatic N) is 4. The van der Waals surface area contributed by atoms with Gasteiger partial charge in [-0.1, -0.05) is 103 Å². The van der Waals surface area contributed by atoms with E-state index >= 15 is 0 Å².